The van der Waals surface area contributed by atoms with E-state index in [0.717, 1.165) is 12.1 Å². The standard InChI is InChI=1S/C18H17F3N2O4/c19-18(20,21)12-2-4-13(5-3-12)23-17(25)22-8-7-14(24)11-1-6-15-16(9-11)27-10-26-15/h1-6,9,14,24H,7-8,10H2,(H2,22,23,25). The van der Waals surface area contributed by atoms with Crippen LogP contribution in [0.15, 0.2) is 42.5 Å². The number of rotatable bonds is 5. The van der Waals surface area contributed by atoms with Gasteiger partial charge in [0.15, 0.2) is 11.5 Å². The maximum absolute atomic E-state index is 12.5. The topological polar surface area (TPSA) is 79.8 Å². The van der Waals surface area contributed by atoms with Crippen LogP contribution in [0.5, 0.6) is 11.5 Å². The van der Waals surface area contributed by atoms with Gasteiger partial charge >= 0.3 is 12.2 Å². The molecule has 0 aliphatic carbocycles. The molecule has 1 aliphatic heterocycles. The molecule has 1 atom stereocenters. The predicted octanol–water partition coefficient (Wildman–Crippen LogP) is 3.68. The molecular formula is C18H17F3N2O4. The van der Waals surface area contributed by atoms with Gasteiger partial charge in [0.1, 0.15) is 0 Å². The zero-order valence-electron chi connectivity index (χ0n) is 14.0. The molecule has 3 N–H and O–H groups in total. The number of benzene rings is 2. The summed E-state index contributed by atoms with van der Waals surface area (Å²) in [7, 11) is 0. The normalized spacial score (nSPS) is 13.9. The number of aliphatic hydroxyl groups is 1. The van der Waals surface area contributed by atoms with Gasteiger partial charge in [-0.25, -0.2) is 4.79 Å². The first kappa shape index (κ1) is 18.8. The summed E-state index contributed by atoms with van der Waals surface area (Å²) in [5.74, 6) is 1.17. The van der Waals surface area contributed by atoms with E-state index in [-0.39, 0.29) is 25.4 Å². The number of nitrogens with one attached hydrogen (secondary N) is 2. The van der Waals surface area contributed by atoms with Crippen LogP contribution < -0.4 is 20.1 Å². The van der Waals surface area contributed by atoms with Crippen LogP contribution in [-0.4, -0.2) is 24.5 Å². The molecule has 0 aromatic heterocycles. The summed E-state index contributed by atoms with van der Waals surface area (Å²) in [6, 6.07) is 8.63. The van der Waals surface area contributed by atoms with Crippen LogP contribution in [0.1, 0.15) is 23.7 Å². The van der Waals surface area contributed by atoms with Crippen LogP contribution in [0.3, 0.4) is 0 Å². The second-order valence-electron chi connectivity index (χ2n) is 5.87. The number of hydrogen-bond donors (Lipinski definition) is 3. The largest absolute Gasteiger partial charge is 0.454 e. The minimum absolute atomic E-state index is 0.139. The Morgan fingerprint density at radius 1 is 1.11 bits per heavy atom. The second-order valence-corrected chi connectivity index (χ2v) is 5.87. The van der Waals surface area contributed by atoms with Crippen molar-refractivity contribution in [2.45, 2.75) is 18.7 Å². The minimum Gasteiger partial charge on any atom is -0.454 e. The van der Waals surface area contributed by atoms with Crippen molar-refractivity contribution in [3.05, 3.63) is 53.6 Å². The first-order chi connectivity index (χ1) is 12.8. The van der Waals surface area contributed by atoms with Crippen LogP contribution in [0.4, 0.5) is 23.7 Å². The number of ether oxygens (including phenoxy) is 2. The molecule has 0 bridgehead atoms. The third kappa shape index (κ3) is 4.82. The first-order valence-corrected chi connectivity index (χ1v) is 8.12. The van der Waals surface area contributed by atoms with Crippen LogP contribution in [0.2, 0.25) is 0 Å². The van der Waals surface area contributed by atoms with E-state index in [1.807, 2.05) is 0 Å². The predicted molar refractivity (Wildman–Crippen MR) is 90.6 cm³/mol. The van der Waals surface area contributed by atoms with Crippen molar-refractivity contribution in [3.63, 3.8) is 0 Å². The summed E-state index contributed by atoms with van der Waals surface area (Å²) in [5, 5.41) is 15.2. The molecule has 1 aliphatic rings. The average molecular weight is 382 g/mol. The number of fused-ring (bicyclic) bond motifs is 1. The first-order valence-electron chi connectivity index (χ1n) is 8.12. The number of urea groups is 1. The van der Waals surface area contributed by atoms with E-state index in [0.29, 0.717) is 17.1 Å². The number of halogens is 3. The number of amides is 2. The van der Waals surface area contributed by atoms with E-state index in [4.69, 9.17) is 9.47 Å². The highest BCUT2D eigenvalue weighted by Crippen LogP contribution is 2.34. The average Bonchev–Trinajstić information content (AvgIpc) is 3.09. The maximum atomic E-state index is 12.5. The zero-order valence-corrected chi connectivity index (χ0v) is 14.0. The van der Waals surface area contributed by atoms with Crippen molar-refractivity contribution in [2.24, 2.45) is 0 Å². The summed E-state index contributed by atoms with van der Waals surface area (Å²) in [5.41, 5.74) is 0.0707. The lowest BCUT2D eigenvalue weighted by Gasteiger charge is -2.13. The van der Waals surface area contributed by atoms with Gasteiger partial charge in [0.2, 0.25) is 6.79 Å². The summed E-state index contributed by atoms with van der Waals surface area (Å²) < 4.78 is 47.9. The third-order valence-electron chi connectivity index (χ3n) is 3.95. The van der Waals surface area contributed by atoms with Gasteiger partial charge in [0, 0.05) is 12.2 Å². The number of hydrogen-bond acceptors (Lipinski definition) is 4. The van der Waals surface area contributed by atoms with Gasteiger partial charge < -0.3 is 25.2 Å². The van der Waals surface area contributed by atoms with Crippen molar-refractivity contribution in [1.29, 1.82) is 0 Å². The van der Waals surface area contributed by atoms with E-state index >= 15 is 0 Å². The Hall–Kier alpha value is -2.94. The highest BCUT2D eigenvalue weighted by molar-refractivity contribution is 5.89. The van der Waals surface area contributed by atoms with Crippen LogP contribution >= 0.6 is 0 Å². The Kier molecular flexibility index (Phi) is 5.41. The molecule has 2 aromatic carbocycles. The SMILES string of the molecule is O=C(NCCC(O)c1ccc2c(c1)OCO2)Nc1ccc(C(F)(F)F)cc1. The lowest BCUT2D eigenvalue weighted by molar-refractivity contribution is -0.137. The fourth-order valence-electron chi connectivity index (χ4n) is 2.53. The van der Waals surface area contributed by atoms with Gasteiger partial charge in [0.05, 0.1) is 11.7 Å². The quantitative estimate of drug-likeness (QED) is 0.737. The molecule has 0 radical (unpaired) electrons. The van der Waals surface area contributed by atoms with Crippen molar-refractivity contribution in [3.8, 4) is 11.5 Å². The molecule has 0 fully saturated rings. The molecule has 1 heterocycles. The van der Waals surface area contributed by atoms with Crippen molar-refractivity contribution >= 4 is 11.7 Å². The van der Waals surface area contributed by atoms with Crippen LogP contribution in [0, 0.1) is 0 Å². The minimum atomic E-state index is -4.42. The molecule has 144 valence electrons. The Morgan fingerprint density at radius 3 is 2.52 bits per heavy atom. The molecule has 6 nitrogen and oxygen atoms in total. The van der Waals surface area contributed by atoms with E-state index in [9.17, 15) is 23.1 Å². The van der Waals surface area contributed by atoms with Crippen molar-refractivity contribution in [2.75, 3.05) is 18.7 Å². The van der Waals surface area contributed by atoms with E-state index in [2.05, 4.69) is 10.6 Å². The monoisotopic (exact) mass is 382 g/mol. The molecule has 2 amide bonds. The second kappa shape index (κ2) is 7.75. The summed E-state index contributed by atoms with van der Waals surface area (Å²) in [6.07, 6.45) is -4.99. The van der Waals surface area contributed by atoms with Gasteiger partial charge in [0.25, 0.3) is 0 Å². The molecule has 2 aromatic rings. The Bertz CT molecular complexity index is 809. The molecule has 1 unspecified atom stereocenters. The maximum Gasteiger partial charge on any atom is 0.416 e. The van der Waals surface area contributed by atoms with E-state index in [1.165, 1.54) is 12.1 Å². The third-order valence-corrected chi connectivity index (χ3v) is 3.95. The Labute approximate surface area is 152 Å². The van der Waals surface area contributed by atoms with Crippen molar-refractivity contribution < 1.29 is 32.5 Å². The molecule has 0 saturated carbocycles. The van der Waals surface area contributed by atoms with Gasteiger partial charge in [-0.1, -0.05) is 6.07 Å². The number of anilines is 1. The summed E-state index contributed by atoms with van der Waals surface area (Å²) in [6.45, 7) is 0.308. The smallest absolute Gasteiger partial charge is 0.416 e. The highest BCUT2D eigenvalue weighted by atomic mass is 19.4. The molecule has 9 heteroatoms. The molecule has 0 spiro atoms. The Balaban J connectivity index is 1.45. The molecule has 0 saturated heterocycles. The lowest BCUT2D eigenvalue weighted by Crippen LogP contribution is -2.30. The number of carbonyl (C=O) groups excluding carboxylic acids is 1. The summed E-state index contributed by atoms with van der Waals surface area (Å²) in [4.78, 5) is 11.8. The summed E-state index contributed by atoms with van der Waals surface area (Å²) >= 11 is 0. The number of carbonyl (C=O) groups is 1. The van der Waals surface area contributed by atoms with E-state index in [1.54, 1.807) is 18.2 Å². The number of aliphatic hydroxyl groups excluding tert-OH is 1. The lowest BCUT2D eigenvalue weighted by atomic mass is 10.1. The fraction of sp³-hybridized carbons (Fsp3) is 0.278. The van der Waals surface area contributed by atoms with Gasteiger partial charge in [-0.2, -0.15) is 13.2 Å². The van der Waals surface area contributed by atoms with Gasteiger partial charge in [-0.05, 0) is 48.4 Å². The zero-order chi connectivity index (χ0) is 19.4. The highest BCUT2D eigenvalue weighted by Gasteiger charge is 2.30. The van der Waals surface area contributed by atoms with Gasteiger partial charge in [-0.15, -0.1) is 0 Å². The fourth-order valence-corrected chi connectivity index (χ4v) is 2.53. The number of alkyl halides is 3. The molecular weight excluding hydrogens is 365 g/mol. The van der Waals surface area contributed by atoms with Crippen LogP contribution in [-0.2, 0) is 6.18 Å². The van der Waals surface area contributed by atoms with Gasteiger partial charge in [-0.3, -0.25) is 0 Å². The Morgan fingerprint density at radius 2 is 1.81 bits per heavy atom. The molecule has 3 rings (SSSR count). The van der Waals surface area contributed by atoms with E-state index < -0.39 is 23.9 Å². The van der Waals surface area contributed by atoms with Crippen molar-refractivity contribution in [1.82, 2.24) is 5.32 Å². The van der Waals surface area contributed by atoms with Crippen LogP contribution in [0.25, 0.3) is 0 Å². The molecule has 27 heavy (non-hydrogen) atoms.